The average Bonchev–Trinajstić information content (AvgIpc) is 2.25. The number of benzene rings is 1. The topological polar surface area (TPSA) is 49.3 Å². The van der Waals surface area contributed by atoms with E-state index in [1.54, 1.807) is 18.2 Å². The molecule has 0 aliphatic carbocycles. The zero-order valence-electron chi connectivity index (χ0n) is 8.99. The summed E-state index contributed by atoms with van der Waals surface area (Å²) in [5.74, 6) is -0.882. The molecule has 15 heavy (non-hydrogen) atoms. The summed E-state index contributed by atoms with van der Waals surface area (Å²) in [5.41, 5.74) is 1.21. The number of nitrogens with one attached hydrogen (secondary N) is 1. The van der Waals surface area contributed by atoms with E-state index in [1.807, 2.05) is 6.07 Å². The van der Waals surface area contributed by atoms with Gasteiger partial charge in [0.25, 0.3) is 0 Å². The first-order valence-electron chi connectivity index (χ1n) is 5.31. The number of carboxylic acids is 1. The van der Waals surface area contributed by atoms with Crippen LogP contribution in [0.25, 0.3) is 0 Å². The quantitative estimate of drug-likeness (QED) is 0.705. The van der Waals surface area contributed by atoms with Gasteiger partial charge in [-0.2, -0.15) is 0 Å². The highest BCUT2D eigenvalue weighted by molar-refractivity contribution is 5.88. The predicted molar refractivity (Wildman–Crippen MR) is 61.4 cm³/mol. The van der Waals surface area contributed by atoms with Gasteiger partial charge in [0, 0.05) is 12.2 Å². The van der Waals surface area contributed by atoms with E-state index in [-0.39, 0.29) is 0 Å². The highest BCUT2D eigenvalue weighted by Crippen LogP contribution is 2.10. The van der Waals surface area contributed by atoms with Crippen molar-refractivity contribution < 1.29 is 9.90 Å². The summed E-state index contributed by atoms with van der Waals surface area (Å²) in [6.45, 7) is 3.06. The minimum Gasteiger partial charge on any atom is -0.478 e. The molecule has 3 heteroatoms. The number of rotatable bonds is 6. The first kappa shape index (κ1) is 11.6. The molecule has 0 aromatic heterocycles. The molecule has 0 fully saturated rings. The van der Waals surface area contributed by atoms with Crippen LogP contribution in [-0.4, -0.2) is 17.6 Å². The normalized spacial score (nSPS) is 9.93. The molecule has 2 N–H and O–H groups in total. The van der Waals surface area contributed by atoms with Crippen molar-refractivity contribution in [3.63, 3.8) is 0 Å². The third-order valence-corrected chi connectivity index (χ3v) is 2.22. The Morgan fingerprint density at radius 2 is 2.20 bits per heavy atom. The molecule has 0 saturated heterocycles. The molecule has 1 rings (SSSR count). The van der Waals surface area contributed by atoms with E-state index in [1.165, 1.54) is 12.8 Å². The van der Waals surface area contributed by atoms with Gasteiger partial charge in [-0.05, 0) is 24.6 Å². The van der Waals surface area contributed by atoms with Gasteiger partial charge in [-0.3, -0.25) is 0 Å². The Hall–Kier alpha value is -1.51. The van der Waals surface area contributed by atoms with Crippen LogP contribution in [0, 0.1) is 0 Å². The summed E-state index contributed by atoms with van der Waals surface area (Å²) >= 11 is 0. The van der Waals surface area contributed by atoms with Crippen molar-refractivity contribution in [1.82, 2.24) is 0 Å². The lowest BCUT2D eigenvalue weighted by Gasteiger charge is -2.06. The number of anilines is 1. The zero-order chi connectivity index (χ0) is 11.1. The smallest absolute Gasteiger partial charge is 0.335 e. The molecule has 82 valence electrons. The van der Waals surface area contributed by atoms with Crippen molar-refractivity contribution in [2.45, 2.75) is 26.2 Å². The summed E-state index contributed by atoms with van der Waals surface area (Å²) in [7, 11) is 0. The van der Waals surface area contributed by atoms with E-state index in [4.69, 9.17) is 5.11 Å². The fourth-order valence-electron chi connectivity index (χ4n) is 1.37. The number of carboxylic acid groups (broad SMARTS) is 1. The molecule has 0 aliphatic heterocycles. The maximum absolute atomic E-state index is 10.7. The molecule has 0 radical (unpaired) electrons. The van der Waals surface area contributed by atoms with Gasteiger partial charge >= 0.3 is 5.97 Å². The molecule has 0 spiro atoms. The van der Waals surface area contributed by atoms with E-state index >= 15 is 0 Å². The minimum absolute atomic E-state index is 0.329. The molecule has 0 amide bonds. The molecule has 1 aromatic carbocycles. The van der Waals surface area contributed by atoms with Gasteiger partial charge in [-0.15, -0.1) is 0 Å². The van der Waals surface area contributed by atoms with Crippen molar-refractivity contribution >= 4 is 11.7 Å². The monoisotopic (exact) mass is 207 g/mol. The first-order valence-corrected chi connectivity index (χ1v) is 5.31. The average molecular weight is 207 g/mol. The molecule has 0 heterocycles. The van der Waals surface area contributed by atoms with Crippen molar-refractivity contribution in [1.29, 1.82) is 0 Å². The molecule has 0 unspecified atom stereocenters. The summed E-state index contributed by atoms with van der Waals surface area (Å²) in [6.07, 6.45) is 3.51. The fourth-order valence-corrected chi connectivity index (χ4v) is 1.37. The highest BCUT2D eigenvalue weighted by Gasteiger charge is 2.01. The molecule has 1 aromatic rings. The lowest BCUT2D eigenvalue weighted by atomic mass is 10.2. The SMILES string of the molecule is CCCCCNc1cccc(C(=O)O)c1. The number of unbranched alkanes of at least 4 members (excludes halogenated alkanes) is 2. The number of aromatic carboxylic acids is 1. The van der Waals surface area contributed by atoms with Crippen LogP contribution in [0.3, 0.4) is 0 Å². The summed E-state index contributed by atoms with van der Waals surface area (Å²) in [6, 6.07) is 6.90. The van der Waals surface area contributed by atoms with Crippen LogP contribution >= 0.6 is 0 Å². The fraction of sp³-hybridized carbons (Fsp3) is 0.417. The lowest BCUT2D eigenvalue weighted by molar-refractivity contribution is 0.0697. The summed E-state index contributed by atoms with van der Waals surface area (Å²) < 4.78 is 0. The zero-order valence-corrected chi connectivity index (χ0v) is 8.99. The van der Waals surface area contributed by atoms with E-state index < -0.39 is 5.97 Å². The van der Waals surface area contributed by atoms with Crippen molar-refractivity contribution in [3.05, 3.63) is 29.8 Å². The minimum atomic E-state index is -0.882. The summed E-state index contributed by atoms with van der Waals surface area (Å²) in [5, 5.41) is 12.0. The molecule has 0 aliphatic rings. The Balaban J connectivity index is 2.47. The van der Waals surface area contributed by atoms with E-state index in [0.717, 1.165) is 18.7 Å². The Kier molecular flexibility index (Phi) is 4.68. The Morgan fingerprint density at radius 1 is 1.40 bits per heavy atom. The molecule has 3 nitrogen and oxygen atoms in total. The van der Waals surface area contributed by atoms with E-state index in [0.29, 0.717) is 5.56 Å². The predicted octanol–water partition coefficient (Wildman–Crippen LogP) is 2.99. The van der Waals surface area contributed by atoms with Gasteiger partial charge < -0.3 is 10.4 Å². The van der Waals surface area contributed by atoms with Crippen LogP contribution < -0.4 is 5.32 Å². The van der Waals surface area contributed by atoms with Crippen LogP contribution in [0.4, 0.5) is 5.69 Å². The van der Waals surface area contributed by atoms with Crippen LogP contribution in [0.2, 0.25) is 0 Å². The van der Waals surface area contributed by atoms with Gasteiger partial charge in [0.15, 0.2) is 0 Å². The largest absolute Gasteiger partial charge is 0.478 e. The van der Waals surface area contributed by atoms with Crippen molar-refractivity contribution in [2.24, 2.45) is 0 Å². The van der Waals surface area contributed by atoms with Gasteiger partial charge in [0.2, 0.25) is 0 Å². The van der Waals surface area contributed by atoms with Gasteiger partial charge in [-0.25, -0.2) is 4.79 Å². The number of hydrogen-bond acceptors (Lipinski definition) is 2. The number of carbonyl (C=O) groups is 1. The van der Waals surface area contributed by atoms with Gasteiger partial charge in [-0.1, -0.05) is 25.8 Å². The van der Waals surface area contributed by atoms with Gasteiger partial charge in [0.1, 0.15) is 0 Å². The van der Waals surface area contributed by atoms with E-state index in [9.17, 15) is 4.79 Å². The third-order valence-electron chi connectivity index (χ3n) is 2.22. The standard InChI is InChI=1S/C12H17NO2/c1-2-3-4-8-13-11-7-5-6-10(9-11)12(14)15/h5-7,9,13H,2-4,8H2,1H3,(H,14,15). The Labute approximate surface area is 90.1 Å². The maximum Gasteiger partial charge on any atom is 0.335 e. The van der Waals surface area contributed by atoms with Crippen LogP contribution in [0.15, 0.2) is 24.3 Å². The van der Waals surface area contributed by atoms with Crippen LogP contribution in [0.5, 0.6) is 0 Å². The molecule has 0 saturated carbocycles. The second-order valence-corrected chi connectivity index (χ2v) is 3.52. The highest BCUT2D eigenvalue weighted by atomic mass is 16.4. The molecule has 0 bridgehead atoms. The van der Waals surface area contributed by atoms with Crippen molar-refractivity contribution in [3.8, 4) is 0 Å². The molecular formula is C12H17NO2. The van der Waals surface area contributed by atoms with Crippen LogP contribution in [0.1, 0.15) is 36.5 Å². The van der Waals surface area contributed by atoms with E-state index in [2.05, 4.69) is 12.2 Å². The van der Waals surface area contributed by atoms with Crippen molar-refractivity contribution in [2.75, 3.05) is 11.9 Å². The van der Waals surface area contributed by atoms with Crippen LogP contribution in [-0.2, 0) is 0 Å². The lowest BCUT2D eigenvalue weighted by Crippen LogP contribution is -2.03. The second kappa shape index (κ2) is 6.06. The second-order valence-electron chi connectivity index (χ2n) is 3.52. The molecular weight excluding hydrogens is 190 g/mol. The summed E-state index contributed by atoms with van der Waals surface area (Å²) in [4.78, 5) is 10.7. The first-order chi connectivity index (χ1) is 7.24. The molecule has 0 atom stereocenters. The Bertz CT molecular complexity index is 323. The third kappa shape index (κ3) is 4.02. The van der Waals surface area contributed by atoms with Gasteiger partial charge in [0.05, 0.1) is 5.56 Å². The number of hydrogen-bond donors (Lipinski definition) is 2. The Morgan fingerprint density at radius 3 is 2.87 bits per heavy atom. The maximum atomic E-state index is 10.7.